The third kappa shape index (κ3) is 1.61. The highest BCUT2D eigenvalue weighted by Gasteiger charge is 2.38. The zero-order valence-electron chi connectivity index (χ0n) is 7.77. The van der Waals surface area contributed by atoms with E-state index in [1.54, 1.807) is 7.11 Å². The van der Waals surface area contributed by atoms with Gasteiger partial charge in [-0.2, -0.15) is 0 Å². The molecular formula is C8H17NO3. The van der Waals surface area contributed by atoms with Crippen molar-refractivity contribution in [1.82, 2.24) is 4.90 Å². The Bertz CT molecular complexity index is 139. The number of hydrogen-bond acceptors (Lipinski definition) is 4. The molecule has 4 atom stereocenters. The van der Waals surface area contributed by atoms with Crippen molar-refractivity contribution in [2.75, 3.05) is 20.7 Å². The smallest absolute Gasteiger partial charge is 0.109 e. The minimum atomic E-state index is -0.763. The zero-order chi connectivity index (χ0) is 9.30. The first-order valence-electron chi connectivity index (χ1n) is 4.17. The molecule has 0 amide bonds. The number of likely N-dealkylation sites (N-methyl/N-ethyl adjacent to an activating group) is 1. The van der Waals surface area contributed by atoms with Crippen molar-refractivity contribution in [3.63, 3.8) is 0 Å². The molecule has 0 bridgehead atoms. The van der Waals surface area contributed by atoms with Crippen LogP contribution in [0.1, 0.15) is 6.92 Å². The Morgan fingerprint density at radius 1 is 1.42 bits per heavy atom. The van der Waals surface area contributed by atoms with Crippen molar-refractivity contribution < 1.29 is 14.9 Å². The van der Waals surface area contributed by atoms with E-state index in [1.807, 2.05) is 18.9 Å². The highest BCUT2D eigenvalue weighted by Crippen LogP contribution is 2.18. The van der Waals surface area contributed by atoms with Gasteiger partial charge in [0, 0.05) is 19.7 Å². The van der Waals surface area contributed by atoms with Crippen molar-refractivity contribution >= 4 is 0 Å². The average Bonchev–Trinajstić information content (AvgIpc) is 2.02. The Morgan fingerprint density at radius 3 is 2.50 bits per heavy atom. The molecule has 0 spiro atoms. The van der Waals surface area contributed by atoms with Gasteiger partial charge in [-0.3, -0.25) is 4.90 Å². The van der Waals surface area contributed by atoms with Gasteiger partial charge in [-0.1, -0.05) is 0 Å². The van der Waals surface area contributed by atoms with E-state index in [1.165, 1.54) is 0 Å². The largest absolute Gasteiger partial charge is 0.389 e. The second-order valence-electron chi connectivity index (χ2n) is 3.44. The molecule has 1 heterocycles. The van der Waals surface area contributed by atoms with E-state index in [0.717, 1.165) is 0 Å². The van der Waals surface area contributed by atoms with E-state index in [9.17, 15) is 10.2 Å². The van der Waals surface area contributed by atoms with Crippen LogP contribution in [0, 0.1) is 0 Å². The van der Waals surface area contributed by atoms with E-state index in [4.69, 9.17) is 4.74 Å². The molecule has 2 N–H and O–H groups in total. The Balaban J connectivity index is 2.67. The fraction of sp³-hybridized carbons (Fsp3) is 1.00. The third-order valence-corrected chi connectivity index (χ3v) is 2.65. The first-order valence-corrected chi connectivity index (χ1v) is 4.17. The van der Waals surface area contributed by atoms with E-state index in [2.05, 4.69) is 0 Å². The second-order valence-corrected chi connectivity index (χ2v) is 3.44. The molecule has 4 nitrogen and oxygen atoms in total. The molecule has 1 aliphatic heterocycles. The standard InChI is InChI=1S/C8H17NO3/c1-5-8(12-3)7(11)6(10)4-9(5)2/h5-8,10-11H,4H2,1-3H3/t5-,6+,7-,8+/m1/s1. The Hall–Kier alpha value is -0.160. The Labute approximate surface area is 72.7 Å². The molecule has 0 saturated carbocycles. The summed E-state index contributed by atoms with van der Waals surface area (Å²) in [5.41, 5.74) is 0. The first-order chi connectivity index (χ1) is 5.57. The summed E-state index contributed by atoms with van der Waals surface area (Å²) in [7, 11) is 3.46. The van der Waals surface area contributed by atoms with E-state index in [0.29, 0.717) is 6.54 Å². The maximum atomic E-state index is 9.52. The van der Waals surface area contributed by atoms with Crippen LogP contribution in [0.3, 0.4) is 0 Å². The molecule has 0 aromatic heterocycles. The number of methoxy groups -OCH3 is 1. The molecule has 0 radical (unpaired) electrons. The summed E-state index contributed by atoms with van der Waals surface area (Å²) in [6.07, 6.45) is -1.75. The first kappa shape index (κ1) is 9.92. The minimum absolute atomic E-state index is 0.147. The predicted octanol–water partition coefficient (Wildman–Crippen LogP) is -0.943. The van der Waals surface area contributed by atoms with Crippen LogP contribution in [0.4, 0.5) is 0 Å². The van der Waals surface area contributed by atoms with E-state index >= 15 is 0 Å². The highest BCUT2D eigenvalue weighted by molar-refractivity contribution is 4.91. The normalized spacial score (nSPS) is 44.8. The monoisotopic (exact) mass is 175 g/mol. The lowest BCUT2D eigenvalue weighted by atomic mass is 9.95. The minimum Gasteiger partial charge on any atom is -0.389 e. The van der Waals surface area contributed by atoms with Gasteiger partial charge in [-0.05, 0) is 14.0 Å². The van der Waals surface area contributed by atoms with Gasteiger partial charge in [0.2, 0.25) is 0 Å². The topological polar surface area (TPSA) is 52.9 Å². The van der Waals surface area contributed by atoms with E-state index in [-0.39, 0.29) is 12.1 Å². The van der Waals surface area contributed by atoms with Gasteiger partial charge in [0.25, 0.3) is 0 Å². The molecule has 1 aliphatic rings. The molecule has 0 unspecified atom stereocenters. The number of piperidine rings is 1. The highest BCUT2D eigenvalue weighted by atomic mass is 16.5. The van der Waals surface area contributed by atoms with E-state index < -0.39 is 12.2 Å². The number of rotatable bonds is 1. The fourth-order valence-electron chi connectivity index (χ4n) is 1.66. The number of nitrogens with zero attached hydrogens (tertiary/aromatic N) is 1. The van der Waals surface area contributed by atoms with Gasteiger partial charge in [0.15, 0.2) is 0 Å². The molecule has 12 heavy (non-hydrogen) atoms. The van der Waals surface area contributed by atoms with Gasteiger partial charge in [0.1, 0.15) is 12.2 Å². The number of β-amino-alcohol motifs (C(OH)–C–C–N with tert-alkyl or cyclic N) is 1. The van der Waals surface area contributed by atoms with Crippen LogP contribution >= 0.6 is 0 Å². The molecule has 1 rings (SSSR count). The lowest BCUT2D eigenvalue weighted by molar-refractivity contribution is -0.139. The van der Waals surface area contributed by atoms with Gasteiger partial charge in [-0.25, -0.2) is 0 Å². The van der Waals surface area contributed by atoms with Crippen LogP contribution in [0.5, 0.6) is 0 Å². The van der Waals surface area contributed by atoms with Crippen LogP contribution in [0.2, 0.25) is 0 Å². The maximum Gasteiger partial charge on any atom is 0.109 e. The molecule has 0 aliphatic carbocycles. The summed E-state index contributed by atoms with van der Waals surface area (Å²) >= 11 is 0. The summed E-state index contributed by atoms with van der Waals surface area (Å²) in [5.74, 6) is 0. The summed E-state index contributed by atoms with van der Waals surface area (Å²) in [6, 6.07) is 0.147. The van der Waals surface area contributed by atoms with Crippen molar-refractivity contribution in [1.29, 1.82) is 0 Å². The number of hydrogen-bond donors (Lipinski definition) is 2. The van der Waals surface area contributed by atoms with Gasteiger partial charge in [0.05, 0.1) is 6.10 Å². The predicted molar refractivity (Wildman–Crippen MR) is 44.9 cm³/mol. The zero-order valence-corrected chi connectivity index (χ0v) is 7.77. The van der Waals surface area contributed by atoms with Crippen LogP contribution in [0.25, 0.3) is 0 Å². The van der Waals surface area contributed by atoms with Crippen molar-refractivity contribution in [3.05, 3.63) is 0 Å². The summed E-state index contributed by atoms with van der Waals surface area (Å²) < 4.78 is 5.10. The van der Waals surface area contributed by atoms with Crippen molar-refractivity contribution in [2.24, 2.45) is 0 Å². The van der Waals surface area contributed by atoms with Crippen LogP contribution in [0.15, 0.2) is 0 Å². The van der Waals surface area contributed by atoms with Gasteiger partial charge in [-0.15, -0.1) is 0 Å². The lowest BCUT2D eigenvalue weighted by Crippen LogP contribution is -2.59. The average molecular weight is 175 g/mol. The second kappa shape index (κ2) is 3.70. The Morgan fingerprint density at radius 2 is 2.00 bits per heavy atom. The van der Waals surface area contributed by atoms with Crippen LogP contribution in [-0.4, -0.2) is 60.2 Å². The summed E-state index contributed by atoms with van der Waals surface area (Å²) in [4.78, 5) is 1.98. The van der Waals surface area contributed by atoms with Gasteiger partial charge >= 0.3 is 0 Å². The number of aliphatic hydroxyl groups is 2. The number of aliphatic hydroxyl groups excluding tert-OH is 2. The molecule has 0 aromatic carbocycles. The number of likely N-dealkylation sites (tertiary alicyclic amines) is 1. The Kier molecular flexibility index (Phi) is 3.06. The molecular weight excluding hydrogens is 158 g/mol. The molecule has 1 saturated heterocycles. The fourth-order valence-corrected chi connectivity index (χ4v) is 1.66. The SMILES string of the molecule is CO[C@@H]1[C@H](O)[C@@H](O)CN(C)[C@@H]1C. The molecule has 72 valence electrons. The summed E-state index contributed by atoms with van der Waals surface area (Å²) in [6.45, 7) is 2.48. The number of ether oxygens (including phenoxy) is 1. The molecule has 0 aromatic rings. The molecule has 4 heteroatoms. The van der Waals surface area contributed by atoms with Crippen LogP contribution in [-0.2, 0) is 4.74 Å². The lowest BCUT2D eigenvalue weighted by Gasteiger charge is -2.41. The molecule has 1 fully saturated rings. The van der Waals surface area contributed by atoms with Crippen molar-refractivity contribution in [3.8, 4) is 0 Å². The quantitative estimate of drug-likeness (QED) is 0.540. The third-order valence-electron chi connectivity index (χ3n) is 2.65. The van der Waals surface area contributed by atoms with Gasteiger partial charge < -0.3 is 14.9 Å². The maximum absolute atomic E-state index is 9.52. The summed E-state index contributed by atoms with van der Waals surface area (Å²) in [5, 5.41) is 18.9. The van der Waals surface area contributed by atoms with Crippen molar-refractivity contribution in [2.45, 2.75) is 31.3 Å². The van der Waals surface area contributed by atoms with Crippen LogP contribution < -0.4 is 0 Å².